The predicted molar refractivity (Wildman–Crippen MR) is 110 cm³/mol. The van der Waals surface area contributed by atoms with Gasteiger partial charge in [0.2, 0.25) is 17.7 Å². The summed E-state index contributed by atoms with van der Waals surface area (Å²) in [5.41, 5.74) is 0.431. The Morgan fingerprint density at radius 3 is 2.40 bits per heavy atom. The smallest absolute Gasteiger partial charge is 0.227 e. The fourth-order valence-electron chi connectivity index (χ4n) is 4.90. The van der Waals surface area contributed by atoms with Crippen LogP contribution >= 0.6 is 0 Å². The molecule has 0 radical (unpaired) electrons. The zero-order valence-corrected chi connectivity index (χ0v) is 17.4. The standard InChI is InChI=1S/C23H30FN3O3/c24-20-6-2-1-5-18(20)13-21(28)25-11-7-17(8-12-25)15-27-16-19(14-22(27)29)23(30)26-9-3-4-10-26/h1-2,5-6,17,19H,3-4,7-16H2. The lowest BCUT2D eigenvalue weighted by Gasteiger charge is -2.34. The number of likely N-dealkylation sites (tertiary alicyclic amines) is 3. The maximum absolute atomic E-state index is 13.8. The summed E-state index contributed by atoms with van der Waals surface area (Å²) in [6.45, 7) is 4.11. The van der Waals surface area contributed by atoms with E-state index in [1.165, 1.54) is 6.07 Å². The number of carbonyl (C=O) groups excluding carboxylic acids is 3. The molecule has 1 aromatic carbocycles. The van der Waals surface area contributed by atoms with Gasteiger partial charge < -0.3 is 14.7 Å². The molecular weight excluding hydrogens is 385 g/mol. The number of rotatable bonds is 5. The van der Waals surface area contributed by atoms with Gasteiger partial charge in [-0.1, -0.05) is 18.2 Å². The highest BCUT2D eigenvalue weighted by molar-refractivity contribution is 5.89. The molecule has 0 N–H and O–H groups in total. The highest BCUT2D eigenvalue weighted by Crippen LogP contribution is 2.26. The third kappa shape index (κ3) is 4.65. The minimum absolute atomic E-state index is 0.0490. The molecule has 7 heteroatoms. The number of halogens is 1. The molecule has 3 saturated heterocycles. The molecule has 3 aliphatic heterocycles. The van der Waals surface area contributed by atoms with E-state index in [-0.39, 0.29) is 35.9 Å². The van der Waals surface area contributed by atoms with E-state index in [4.69, 9.17) is 0 Å². The Morgan fingerprint density at radius 1 is 1.00 bits per heavy atom. The summed E-state index contributed by atoms with van der Waals surface area (Å²) in [7, 11) is 0. The third-order valence-electron chi connectivity index (χ3n) is 6.73. The van der Waals surface area contributed by atoms with Crippen molar-refractivity contribution in [2.45, 2.75) is 38.5 Å². The van der Waals surface area contributed by atoms with Gasteiger partial charge in [-0.15, -0.1) is 0 Å². The van der Waals surface area contributed by atoms with Gasteiger partial charge >= 0.3 is 0 Å². The molecular formula is C23H30FN3O3. The lowest BCUT2D eigenvalue weighted by molar-refractivity contribution is -0.134. The van der Waals surface area contributed by atoms with Crippen LogP contribution in [0.4, 0.5) is 4.39 Å². The molecule has 30 heavy (non-hydrogen) atoms. The van der Waals surface area contributed by atoms with Gasteiger partial charge in [-0.05, 0) is 43.2 Å². The summed E-state index contributed by atoms with van der Waals surface area (Å²) < 4.78 is 13.8. The summed E-state index contributed by atoms with van der Waals surface area (Å²) in [6, 6.07) is 6.40. The lowest BCUT2D eigenvalue weighted by atomic mass is 9.95. The number of hydrogen-bond donors (Lipinski definition) is 0. The summed E-state index contributed by atoms with van der Waals surface area (Å²) in [6.07, 6.45) is 4.20. The number of amides is 3. The number of benzene rings is 1. The Bertz CT molecular complexity index is 801. The van der Waals surface area contributed by atoms with Crippen molar-refractivity contribution in [3.05, 3.63) is 35.6 Å². The largest absolute Gasteiger partial charge is 0.342 e. The minimum Gasteiger partial charge on any atom is -0.342 e. The summed E-state index contributed by atoms with van der Waals surface area (Å²) in [5, 5.41) is 0. The van der Waals surface area contributed by atoms with Crippen LogP contribution < -0.4 is 0 Å². The maximum Gasteiger partial charge on any atom is 0.227 e. The third-order valence-corrected chi connectivity index (χ3v) is 6.73. The fraction of sp³-hybridized carbons (Fsp3) is 0.609. The van der Waals surface area contributed by atoms with E-state index in [1.807, 2.05) is 9.80 Å². The molecule has 1 unspecified atom stereocenters. The molecule has 0 bridgehead atoms. The lowest BCUT2D eigenvalue weighted by Crippen LogP contribution is -2.42. The molecule has 3 heterocycles. The minimum atomic E-state index is -0.341. The van der Waals surface area contributed by atoms with Gasteiger partial charge in [0, 0.05) is 45.7 Å². The monoisotopic (exact) mass is 415 g/mol. The van der Waals surface area contributed by atoms with Crippen LogP contribution in [0.3, 0.4) is 0 Å². The highest BCUT2D eigenvalue weighted by Gasteiger charge is 2.38. The number of carbonyl (C=O) groups is 3. The van der Waals surface area contributed by atoms with Crippen molar-refractivity contribution < 1.29 is 18.8 Å². The number of nitrogens with zero attached hydrogens (tertiary/aromatic N) is 3. The van der Waals surface area contributed by atoms with Gasteiger partial charge in [-0.3, -0.25) is 14.4 Å². The van der Waals surface area contributed by atoms with Crippen molar-refractivity contribution in [1.29, 1.82) is 0 Å². The van der Waals surface area contributed by atoms with Crippen LogP contribution in [0.5, 0.6) is 0 Å². The van der Waals surface area contributed by atoms with Crippen molar-refractivity contribution in [2.24, 2.45) is 11.8 Å². The molecule has 1 atom stereocenters. The maximum atomic E-state index is 13.8. The van der Waals surface area contributed by atoms with Crippen molar-refractivity contribution in [3.8, 4) is 0 Å². The Balaban J connectivity index is 1.23. The molecule has 1 aromatic rings. The van der Waals surface area contributed by atoms with Crippen LogP contribution in [-0.4, -0.2) is 71.7 Å². The van der Waals surface area contributed by atoms with E-state index in [1.54, 1.807) is 23.1 Å². The second kappa shape index (κ2) is 9.14. The summed E-state index contributed by atoms with van der Waals surface area (Å²) >= 11 is 0. The Hall–Kier alpha value is -2.44. The second-order valence-corrected chi connectivity index (χ2v) is 8.82. The average molecular weight is 416 g/mol. The van der Waals surface area contributed by atoms with Crippen LogP contribution in [0.2, 0.25) is 0 Å². The van der Waals surface area contributed by atoms with Gasteiger partial charge in [-0.25, -0.2) is 4.39 Å². The van der Waals surface area contributed by atoms with Crippen LogP contribution in [-0.2, 0) is 20.8 Å². The molecule has 0 aromatic heterocycles. The van der Waals surface area contributed by atoms with E-state index < -0.39 is 0 Å². The normalized spacial score (nSPS) is 22.8. The zero-order valence-electron chi connectivity index (χ0n) is 17.4. The summed E-state index contributed by atoms with van der Waals surface area (Å²) in [4.78, 5) is 43.1. The number of piperidine rings is 1. The van der Waals surface area contributed by atoms with Gasteiger partial charge in [0.15, 0.2) is 0 Å². The topological polar surface area (TPSA) is 60.9 Å². The summed E-state index contributed by atoms with van der Waals surface area (Å²) in [5.74, 6) is -0.0361. The van der Waals surface area contributed by atoms with Crippen molar-refractivity contribution >= 4 is 17.7 Å². The molecule has 3 aliphatic rings. The molecule has 4 rings (SSSR count). The first-order valence-corrected chi connectivity index (χ1v) is 11.1. The average Bonchev–Trinajstić information content (AvgIpc) is 3.40. The fourth-order valence-corrected chi connectivity index (χ4v) is 4.90. The molecule has 162 valence electrons. The Labute approximate surface area is 177 Å². The SMILES string of the molecule is O=C(Cc1ccccc1F)N1CCC(CN2CC(C(=O)N3CCCC3)CC2=O)CC1. The predicted octanol–water partition coefficient (Wildman–Crippen LogP) is 2.08. The molecule has 3 fully saturated rings. The van der Waals surface area contributed by atoms with Crippen molar-refractivity contribution in [2.75, 3.05) is 39.3 Å². The first-order valence-electron chi connectivity index (χ1n) is 11.1. The van der Waals surface area contributed by atoms with Crippen molar-refractivity contribution in [3.63, 3.8) is 0 Å². The second-order valence-electron chi connectivity index (χ2n) is 8.82. The molecule has 3 amide bonds. The highest BCUT2D eigenvalue weighted by atomic mass is 19.1. The van der Waals surface area contributed by atoms with E-state index in [0.717, 1.165) is 38.8 Å². The quantitative estimate of drug-likeness (QED) is 0.740. The van der Waals surface area contributed by atoms with Crippen LogP contribution in [0.1, 0.15) is 37.7 Å². The van der Waals surface area contributed by atoms with Crippen molar-refractivity contribution in [1.82, 2.24) is 14.7 Å². The van der Waals surface area contributed by atoms with E-state index in [2.05, 4.69) is 0 Å². The van der Waals surface area contributed by atoms with E-state index in [0.29, 0.717) is 44.1 Å². The molecule has 0 spiro atoms. The van der Waals surface area contributed by atoms with Gasteiger partial charge in [0.1, 0.15) is 5.82 Å². The van der Waals surface area contributed by atoms with Crippen LogP contribution in [0.15, 0.2) is 24.3 Å². The van der Waals surface area contributed by atoms with Gasteiger partial charge in [0.25, 0.3) is 0 Å². The molecule has 0 aliphatic carbocycles. The van der Waals surface area contributed by atoms with Crippen LogP contribution in [0.25, 0.3) is 0 Å². The first kappa shape index (κ1) is 20.8. The van der Waals surface area contributed by atoms with E-state index in [9.17, 15) is 18.8 Å². The number of hydrogen-bond acceptors (Lipinski definition) is 3. The Kier molecular flexibility index (Phi) is 6.35. The first-order chi connectivity index (χ1) is 14.5. The molecule has 0 saturated carbocycles. The molecule has 6 nitrogen and oxygen atoms in total. The Morgan fingerprint density at radius 2 is 1.70 bits per heavy atom. The van der Waals surface area contributed by atoms with E-state index >= 15 is 0 Å². The van der Waals surface area contributed by atoms with Gasteiger partial charge in [-0.2, -0.15) is 0 Å². The van der Waals surface area contributed by atoms with Crippen LogP contribution in [0, 0.1) is 17.7 Å². The zero-order chi connectivity index (χ0) is 21.1. The van der Waals surface area contributed by atoms with Gasteiger partial charge in [0.05, 0.1) is 12.3 Å².